The Kier molecular flexibility index (Phi) is 4.98. The second-order valence-corrected chi connectivity index (χ2v) is 5.77. The summed E-state index contributed by atoms with van der Waals surface area (Å²) in [6, 6.07) is 12.3. The maximum atomic E-state index is 12.0. The number of carbonyl (C=O) groups excluding carboxylic acids is 2. The summed E-state index contributed by atoms with van der Waals surface area (Å²) in [6.45, 7) is 0. The van der Waals surface area contributed by atoms with Crippen LogP contribution >= 0.6 is 0 Å². The predicted molar refractivity (Wildman–Crippen MR) is 98.2 cm³/mol. The van der Waals surface area contributed by atoms with Crippen LogP contribution in [0.15, 0.2) is 54.9 Å². The minimum Gasteiger partial charge on any atom is -0.457 e. The Bertz CT molecular complexity index is 917. The summed E-state index contributed by atoms with van der Waals surface area (Å²) in [5, 5.41) is 2.57. The number of hydrogen-bond donors (Lipinski definition) is 2. The average Bonchev–Trinajstić information content (AvgIpc) is 3.13. The minimum absolute atomic E-state index is 0.104. The Balaban J connectivity index is 1.78. The summed E-state index contributed by atoms with van der Waals surface area (Å²) < 4.78 is 5.82. The van der Waals surface area contributed by atoms with Crippen molar-refractivity contribution < 1.29 is 14.3 Å². The zero-order chi connectivity index (χ0) is 18.5. The molecule has 0 fully saturated rings. The first kappa shape index (κ1) is 17.2. The third kappa shape index (κ3) is 3.89. The lowest BCUT2D eigenvalue weighted by Crippen LogP contribution is -2.21. The van der Waals surface area contributed by atoms with Crippen molar-refractivity contribution in [2.75, 3.05) is 19.4 Å². The summed E-state index contributed by atoms with van der Waals surface area (Å²) in [5.41, 5.74) is 2.67. The summed E-state index contributed by atoms with van der Waals surface area (Å²) >= 11 is 0. The molecule has 0 unspecified atom stereocenters. The van der Waals surface area contributed by atoms with Crippen LogP contribution in [0.1, 0.15) is 10.5 Å². The van der Waals surface area contributed by atoms with E-state index < -0.39 is 0 Å². The molecule has 2 heterocycles. The SMILES string of the molecule is CN(C)C(=O)c1cc(-c2cc(Oc3ccc(NC=O)cc3)ccn2)c[nH]1. The van der Waals surface area contributed by atoms with Crippen molar-refractivity contribution in [2.24, 2.45) is 0 Å². The lowest BCUT2D eigenvalue weighted by molar-refractivity contribution is -0.105. The number of anilines is 1. The van der Waals surface area contributed by atoms with Gasteiger partial charge in [-0.25, -0.2) is 0 Å². The highest BCUT2D eigenvalue weighted by atomic mass is 16.5. The van der Waals surface area contributed by atoms with Gasteiger partial charge < -0.3 is 19.9 Å². The number of H-pyrrole nitrogens is 1. The fourth-order valence-corrected chi connectivity index (χ4v) is 2.36. The second-order valence-electron chi connectivity index (χ2n) is 5.77. The van der Waals surface area contributed by atoms with E-state index in [2.05, 4.69) is 15.3 Å². The highest BCUT2D eigenvalue weighted by molar-refractivity contribution is 5.93. The van der Waals surface area contributed by atoms with Crippen LogP contribution in [0.2, 0.25) is 0 Å². The minimum atomic E-state index is -0.104. The van der Waals surface area contributed by atoms with E-state index in [-0.39, 0.29) is 5.91 Å². The average molecular weight is 350 g/mol. The van der Waals surface area contributed by atoms with Gasteiger partial charge in [-0.15, -0.1) is 0 Å². The van der Waals surface area contributed by atoms with Crippen LogP contribution in [0.3, 0.4) is 0 Å². The number of aromatic amines is 1. The molecule has 0 saturated carbocycles. The number of pyridine rings is 1. The number of hydrogen-bond acceptors (Lipinski definition) is 4. The van der Waals surface area contributed by atoms with Gasteiger partial charge in [-0.2, -0.15) is 0 Å². The van der Waals surface area contributed by atoms with E-state index in [4.69, 9.17) is 4.74 Å². The fraction of sp³-hybridized carbons (Fsp3) is 0.105. The normalized spacial score (nSPS) is 10.2. The summed E-state index contributed by atoms with van der Waals surface area (Å²) in [4.78, 5) is 31.2. The van der Waals surface area contributed by atoms with Gasteiger partial charge in [-0.3, -0.25) is 14.6 Å². The Morgan fingerprint density at radius 2 is 1.92 bits per heavy atom. The number of nitrogens with zero attached hydrogens (tertiary/aromatic N) is 2. The molecule has 0 aliphatic rings. The van der Waals surface area contributed by atoms with E-state index in [1.54, 1.807) is 69.0 Å². The van der Waals surface area contributed by atoms with Crippen LogP contribution in [0.25, 0.3) is 11.3 Å². The Morgan fingerprint density at radius 1 is 1.15 bits per heavy atom. The molecule has 132 valence electrons. The van der Waals surface area contributed by atoms with Gasteiger partial charge in [0.1, 0.15) is 17.2 Å². The molecule has 7 nitrogen and oxygen atoms in total. The van der Waals surface area contributed by atoms with Crippen molar-refractivity contribution in [3.05, 3.63) is 60.6 Å². The van der Waals surface area contributed by atoms with Gasteiger partial charge in [0, 0.05) is 43.8 Å². The first-order chi connectivity index (χ1) is 12.6. The monoisotopic (exact) mass is 350 g/mol. The van der Waals surface area contributed by atoms with Crippen molar-refractivity contribution in [2.45, 2.75) is 0 Å². The van der Waals surface area contributed by atoms with Crippen LogP contribution in [0, 0.1) is 0 Å². The maximum absolute atomic E-state index is 12.0. The zero-order valence-corrected chi connectivity index (χ0v) is 14.4. The predicted octanol–water partition coefficient (Wildman–Crippen LogP) is 3.14. The molecule has 0 bridgehead atoms. The molecule has 2 N–H and O–H groups in total. The van der Waals surface area contributed by atoms with E-state index in [0.29, 0.717) is 35.0 Å². The molecule has 2 amide bonds. The summed E-state index contributed by atoms with van der Waals surface area (Å²) in [7, 11) is 3.40. The van der Waals surface area contributed by atoms with Gasteiger partial charge >= 0.3 is 0 Å². The molecule has 0 spiro atoms. The molecule has 2 aromatic heterocycles. The number of aromatic nitrogens is 2. The molecular formula is C19H18N4O3. The fourth-order valence-electron chi connectivity index (χ4n) is 2.36. The van der Waals surface area contributed by atoms with E-state index in [1.165, 1.54) is 4.90 Å². The largest absolute Gasteiger partial charge is 0.457 e. The first-order valence-electron chi connectivity index (χ1n) is 7.91. The van der Waals surface area contributed by atoms with Crippen molar-refractivity contribution in [1.82, 2.24) is 14.9 Å². The standard InChI is InChI=1S/C19H18N4O3/c1-23(2)19(25)18-9-13(11-21-18)17-10-16(7-8-20-17)26-15-5-3-14(4-6-15)22-12-24/h3-12,21H,1-2H3,(H,22,24). The quantitative estimate of drug-likeness (QED) is 0.669. The van der Waals surface area contributed by atoms with E-state index in [0.717, 1.165) is 5.56 Å². The van der Waals surface area contributed by atoms with Gasteiger partial charge in [0.05, 0.1) is 5.69 Å². The van der Waals surface area contributed by atoms with Gasteiger partial charge in [0.2, 0.25) is 6.41 Å². The smallest absolute Gasteiger partial charge is 0.269 e. The van der Waals surface area contributed by atoms with Gasteiger partial charge in [0.15, 0.2) is 0 Å². The van der Waals surface area contributed by atoms with E-state index >= 15 is 0 Å². The molecule has 7 heteroatoms. The summed E-state index contributed by atoms with van der Waals surface area (Å²) in [6.07, 6.45) is 4.01. The lowest BCUT2D eigenvalue weighted by atomic mass is 10.2. The molecular weight excluding hydrogens is 332 g/mol. The lowest BCUT2D eigenvalue weighted by Gasteiger charge is -2.08. The molecule has 26 heavy (non-hydrogen) atoms. The van der Waals surface area contributed by atoms with E-state index in [1.807, 2.05) is 0 Å². The van der Waals surface area contributed by atoms with Crippen LogP contribution < -0.4 is 10.1 Å². The highest BCUT2D eigenvalue weighted by Gasteiger charge is 2.12. The molecule has 3 rings (SSSR count). The Hall–Kier alpha value is -3.61. The number of amides is 2. The third-order valence-corrected chi connectivity index (χ3v) is 3.66. The number of benzene rings is 1. The van der Waals surface area contributed by atoms with Gasteiger partial charge in [-0.05, 0) is 36.4 Å². The van der Waals surface area contributed by atoms with Crippen LogP contribution in [0.4, 0.5) is 5.69 Å². The Morgan fingerprint density at radius 3 is 2.62 bits per heavy atom. The van der Waals surface area contributed by atoms with Crippen molar-refractivity contribution >= 4 is 18.0 Å². The van der Waals surface area contributed by atoms with Gasteiger partial charge in [0.25, 0.3) is 5.91 Å². The molecule has 0 saturated heterocycles. The number of ether oxygens (including phenoxy) is 1. The van der Waals surface area contributed by atoms with Crippen LogP contribution in [-0.2, 0) is 4.79 Å². The third-order valence-electron chi connectivity index (χ3n) is 3.66. The molecule has 0 aliphatic heterocycles. The van der Waals surface area contributed by atoms with Crippen LogP contribution in [-0.4, -0.2) is 41.3 Å². The zero-order valence-electron chi connectivity index (χ0n) is 14.4. The topological polar surface area (TPSA) is 87.3 Å². The van der Waals surface area contributed by atoms with Crippen molar-refractivity contribution in [3.63, 3.8) is 0 Å². The van der Waals surface area contributed by atoms with Crippen molar-refractivity contribution in [1.29, 1.82) is 0 Å². The molecule has 3 aromatic rings. The second kappa shape index (κ2) is 7.52. The highest BCUT2D eigenvalue weighted by Crippen LogP contribution is 2.27. The number of rotatable bonds is 6. The maximum Gasteiger partial charge on any atom is 0.269 e. The first-order valence-corrected chi connectivity index (χ1v) is 7.91. The van der Waals surface area contributed by atoms with E-state index in [9.17, 15) is 9.59 Å². The molecule has 1 aromatic carbocycles. The van der Waals surface area contributed by atoms with Crippen LogP contribution in [0.5, 0.6) is 11.5 Å². The number of nitrogens with one attached hydrogen (secondary N) is 2. The summed E-state index contributed by atoms with van der Waals surface area (Å²) in [5.74, 6) is 1.15. The Labute approximate surface area is 150 Å². The van der Waals surface area contributed by atoms with Gasteiger partial charge in [-0.1, -0.05) is 0 Å². The molecule has 0 aliphatic carbocycles. The molecule has 0 radical (unpaired) electrons. The molecule has 0 atom stereocenters. The van der Waals surface area contributed by atoms with Crippen molar-refractivity contribution in [3.8, 4) is 22.8 Å². The number of carbonyl (C=O) groups is 2.